The van der Waals surface area contributed by atoms with Crippen LogP contribution in [0.1, 0.15) is 10.4 Å². The zero-order valence-corrected chi connectivity index (χ0v) is 17.3. The molecule has 9 nitrogen and oxygen atoms in total. The van der Waals surface area contributed by atoms with E-state index in [9.17, 15) is 4.79 Å². The molecule has 30 heavy (non-hydrogen) atoms. The summed E-state index contributed by atoms with van der Waals surface area (Å²) in [7, 11) is 0. The number of anilines is 3. The standard InChI is InChI=1S/C20H24N8OS/c21-2-4-25-19(29)15-9-14(11-23-12-15)17-13-26-20(30-17)27-18-10-16(1-3-24-18)28-7-5-22-6-8-28/h1,3,9-13,22H,2,4-8,21H2,(H,25,29)(H,24,26,27). The van der Waals surface area contributed by atoms with Gasteiger partial charge < -0.3 is 26.6 Å². The zero-order chi connectivity index (χ0) is 20.8. The van der Waals surface area contributed by atoms with Crippen molar-refractivity contribution in [1.82, 2.24) is 25.6 Å². The Morgan fingerprint density at radius 1 is 1.20 bits per heavy atom. The number of piperazine rings is 1. The predicted molar refractivity (Wildman–Crippen MR) is 119 cm³/mol. The van der Waals surface area contributed by atoms with E-state index in [1.807, 2.05) is 18.3 Å². The summed E-state index contributed by atoms with van der Waals surface area (Å²) in [5.41, 5.74) is 7.91. The molecule has 1 saturated heterocycles. The molecule has 1 fully saturated rings. The number of rotatable bonds is 7. The number of carbonyl (C=O) groups excluding carboxylic acids is 1. The fourth-order valence-electron chi connectivity index (χ4n) is 3.17. The first-order valence-electron chi connectivity index (χ1n) is 9.81. The maximum atomic E-state index is 12.1. The van der Waals surface area contributed by atoms with E-state index in [1.165, 1.54) is 11.3 Å². The van der Waals surface area contributed by atoms with Gasteiger partial charge in [-0.25, -0.2) is 9.97 Å². The van der Waals surface area contributed by atoms with Crippen LogP contribution in [0, 0.1) is 0 Å². The van der Waals surface area contributed by atoms with E-state index >= 15 is 0 Å². The minimum Gasteiger partial charge on any atom is -0.369 e. The molecule has 4 heterocycles. The first kappa shape index (κ1) is 20.2. The number of nitrogens with two attached hydrogens (primary N) is 1. The fourth-order valence-corrected chi connectivity index (χ4v) is 3.97. The van der Waals surface area contributed by atoms with Crippen LogP contribution in [0.3, 0.4) is 0 Å². The van der Waals surface area contributed by atoms with Crippen molar-refractivity contribution in [1.29, 1.82) is 0 Å². The molecule has 0 atom stereocenters. The fraction of sp³-hybridized carbons (Fsp3) is 0.300. The van der Waals surface area contributed by atoms with Gasteiger partial charge in [-0.3, -0.25) is 9.78 Å². The van der Waals surface area contributed by atoms with Crippen LogP contribution in [0.4, 0.5) is 16.6 Å². The van der Waals surface area contributed by atoms with Crippen LogP contribution in [0.2, 0.25) is 0 Å². The monoisotopic (exact) mass is 424 g/mol. The summed E-state index contributed by atoms with van der Waals surface area (Å²) in [6, 6.07) is 5.87. The first-order chi connectivity index (χ1) is 14.7. The molecule has 0 aromatic carbocycles. The second kappa shape index (κ2) is 9.61. The maximum absolute atomic E-state index is 12.1. The molecule has 156 valence electrons. The molecule has 0 aliphatic carbocycles. The Morgan fingerprint density at radius 2 is 2.07 bits per heavy atom. The molecule has 0 bridgehead atoms. The van der Waals surface area contributed by atoms with Gasteiger partial charge in [0.05, 0.1) is 10.4 Å². The van der Waals surface area contributed by atoms with Gasteiger partial charge in [-0.2, -0.15) is 0 Å². The largest absolute Gasteiger partial charge is 0.369 e. The second-order valence-electron chi connectivity index (χ2n) is 6.80. The molecule has 0 unspecified atom stereocenters. The Morgan fingerprint density at radius 3 is 2.90 bits per heavy atom. The number of carbonyl (C=O) groups is 1. The van der Waals surface area contributed by atoms with Crippen molar-refractivity contribution in [2.24, 2.45) is 5.73 Å². The van der Waals surface area contributed by atoms with Crippen molar-refractivity contribution in [3.05, 3.63) is 48.5 Å². The predicted octanol–water partition coefficient (Wildman–Crippen LogP) is 1.44. The van der Waals surface area contributed by atoms with Crippen LogP contribution in [-0.2, 0) is 0 Å². The molecule has 0 saturated carbocycles. The second-order valence-corrected chi connectivity index (χ2v) is 7.83. The van der Waals surface area contributed by atoms with E-state index in [0.717, 1.165) is 53.3 Å². The Bertz CT molecular complexity index is 1000. The van der Waals surface area contributed by atoms with Gasteiger partial charge in [0.25, 0.3) is 5.91 Å². The number of hydrogen-bond donors (Lipinski definition) is 4. The third-order valence-corrected chi connectivity index (χ3v) is 5.64. The summed E-state index contributed by atoms with van der Waals surface area (Å²) >= 11 is 1.48. The summed E-state index contributed by atoms with van der Waals surface area (Å²) in [5, 5.41) is 10.1. The van der Waals surface area contributed by atoms with E-state index in [2.05, 4.69) is 35.8 Å². The highest BCUT2D eigenvalue weighted by Crippen LogP contribution is 2.31. The summed E-state index contributed by atoms with van der Waals surface area (Å²) in [6.07, 6.45) is 6.84. The van der Waals surface area contributed by atoms with Crippen molar-refractivity contribution in [2.45, 2.75) is 0 Å². The van der Waals surface area contributed by atoms with E-state index in [4.69, 9.17) is 5.73 Å². The average Bonchev–Trinajstić information content (AvgIpc) is 3.27. The molecule has 5 N–H and O–H groups in total. The van der Waals surface area contributed by atoms with Crippen LogP contribution < -0.4 is 26.6 Å². The van der Waals surface area contributed by atoms with Gasteiger partial charge in [0.15, 0.2) is 5.13 Å². The van der Waals surface area contributed by atoms with Crippen LogP contribution in [0.25, 0.3) is 10.4 Å². The molecule has 1 amide bonds. The van der Waals surface area contributed by atoms with Crippen molar-refractivity contribution >= 4 is 33.9 Å². The minimum atomic E-state index is -0.188. The number of pyridine rings is 2. The lowest BCUT2D eigenvalue weighted by Crippen LogP contribution is -2.43. The molecule has 3 aromatic heterocycles. The lowest BCUT2D eigenvalue weighted by Gasteiger charge is -2.29. The number of thiazole rings is 1. The van der Waals surface area contributed by atoms with Crippen LogP contribution in [0.5, 0.6) is 0 Å². The summed E-state index contributed by atoms with van der Waals surface area (Å²) in [5.74, 6) is 0.562. The Kier molecular flexibility index (Phi) is 6.47. The average molecular weight is 425 g/mol. The van der Waals surface area contributed by atoms with Gasteiger partial charge >= 0.3 is 0 Å². The number of amides is 1. The van der Waals surface area contributed by atoms with E-state index < -0.39 is 0 Å². The maximum Gasteiger partial charge on any atom is 0.252 e. The summed E-state index contributed by atoms with van der Waals surface area (Å²) < 4.78 is 0. The van der Waals surface area contributed by atoms with Crippen molar-refractivity contribution in [3.8, 4) is 10.4 Å². The van der Waals surface area contributed by atoms with Crippen LogP contribution >= 0.6 is 11.3 Å². The zero-order valence-electron chi connectivity index (χ0n) is 16.5. The quantitative estimate of drug-likeness (QED) is 0.450. The molecular formula is C20H24N8OS. The van der Waals surface area contributed by atoms with Crippen molar-refractivity contribution < 1.29 is 4.79 Å². The first-order valence-corrected chi connectivity index (χ1v) is 10.6. The molecule has 4 rings (SSSR count). The number of nitrogens with one attached hydrogen (secondary N) is 3. The lowest BCUT2D eigenvalue weighted by molar-refractivity contribution is 0.0954. The Labute approximate surface area is 178 Å². The van der Waals surface area contributed by atoms with Gasteiger partial charge in [-0.05, 0) is 12.1 Å². The molecule has 1 aliphatic heterocycles. The Hall–Kier alpha value is -3.08. The molecule has 0 spiro atoms. The molecule has 10 heteroatoms. The van der Waals surface area contributed by atoms with Crippen LogP contribution in [-0.4, -0.2) is 60.1 Å². The minimum absolute atomic E-state index is 0.188. The van der Waals surface area contributed by atoms with Crippen molar-refractivity contribution in [2.75, 3.05) is 49.5 Å². The van der Waals surface area contributed by atoms with Gasteiger partial charge in [0, 0.05) is 81.4 Å². The van der Waals surface area contributed by atoms with Crippen molar-refractivity contribution in [3.63, 3.8) is 0 Å². The van der Waals surface area contributed by atoms with Gasteiger partial charge in [0.1, 0.15) is 5.82 Å². The normalized spacial score (nSPS) is 13.8. The number of aromatic nitrogens is 3. The molecular weight excluding hydrogens is 400 g/mol. The smallest absolute Gasteiger partial charge is 0.252 e. The lowest BCUT2D eigenvalue weighted by atomic mass is 10.2. The van der Waals surface area contributed by atoms with Gasteiger partial charge in [0.2, 0.25) is 0 Å². The highest BCUT2D eigenvalue weighted by molar-refractivity contribution is 7.18. The SMILES string of the molecule is NCCNC(=O)c1cncc(-c2cnc(Nc3cc(N4CCNCC4)ccn3)s2)c1. The molecule has 0 radical (unpaired) electrons. The molecule has 3 aromatic rings. The van der Waals surface area contributed by atoms with E-state index in [-0.39, 0.29) is 5.91 Å². The molecule has 1 aliphatic rings. The highest BCUT2D eigenvalue weighted by atomic mass is 32.1. The highest BCUT2D eigenvalue weighted by Gasteiger charge is 2.13. The third kappa shape index (κ3) is 4.90. The van der Waals surface area contributed by atoms with Gasteiger partial charge in [-0.15, -0.1) is 0 Å². The summed E-state index contributed by atoms with van der Waals surface area (Å²) in [6.45, 7) is 4.75. The van der Waals surface area contributed by atoms with Gasteiger partial charge in [-0.1, -0.05) is 11.3 Å². The third-order valence-electron chi connectivity index (χ3n) is 4.68. The van der Waals surface area contributed by atoms with E-state index in [0.29, 0.717) is 18.7 Å². The number of hydrogen-bond acceptors (Lipinski definition) is 9. The Balaban J connectivity index is 1.46. The summed E-state index contributed by atoms with van der Waals surface area (Å²) in [4.78, 5) is 28.5. The van der Waals surface area contributed by atoms with Crippen LogP contribution in [0.15, 0.2) is 43.0 Å². The topological polar surface area (TPSA) is 121 Å². The number of nitrogens with zero attached hydrogens (tertiary/aromatic N) is 4. The van der Waals surface area contributed by atoms with E-state index in [1.54, 1.807) is 24.7 Å².